The molecular weight excluding hydrogens is 524 g/mol. The number of methoxy groups -OCH3 is 1. The van der Waals surface area contributed by atoms with E-state index in [0.717, 1.165) is 31.2 Å². The lowest BCUT2D eigenvalue weighted by Gasteiger charge is -2.28. The van der Waals surface area contributed by atoms with Gasteiger partial charge >= 0.3 is 17.9 Å². The molecule has 1 fully saturated rings. The Morgan fingerprint density at radius 1 is 0.878 bits per heavy atom. The topological polar surface area (TPSA) is 108 Å². The van der Waals surface area contributed by atoms with E-state index >= 15 is 0 Å². The van der Waals surface area contributed by atoms with E-state index in [2.05, 4.69) is 20.1 Å². The third-order valence-electron chi connectivity index (χ3n) is 7.17. The van der Waals surface area contributed by atoms with Crippen molar-refractivity contribution in [2.24, 2.45) is 5.92 Å². The molecule has 41 heavy (non-hydrogen) atoms. The van der Waals surface area contributed by atoms with Gasteiger partial charge in [0.05, 0.1) is 24.4 Å². The van der Waals surface area contributed by atoms with Gasteiger partial charge in [-0.3, -0.25) is 0 Å². The van der Waals surface area contributed by atoms with Gasteiger partial charge in [-0.05, 0) is 67.0 Å². The number of hydrogen-bond acceptors (Lipinski definition) is 8. The van der Waals surface area contributed by atoms with Gasteiger partial charge < -0.3 is 24.1 Å². The summed E-state index contributed by atoms with van der Waals surface area (Å²) in [5.74, 6) is -0.956. The Bertz CT molecular complexity index is 1220. The van der Waals surface area contributed by atoms with Crippen LogP contribution in [-0.4, -0.2) is 49.4 Å². The average molecular weight is 565 g/mol. The van der Waals surface area contributed by atoms with Crippen LogP contribution in [0.15, 0.2) is 66.8 Å². The first-order valence-electron chi connectivity index (χ1n) is 14.1. The molecule has 220 valence electrons. The molecule has 0 atom stereocenters. The van der Waals surface area contributed by atoms with Gasteiger partial charge in [0.2, 0.25) is 0 Å². The van der Waals surface area contributed by atoms with Crippen molar-refractivity contribution in [1.82, 2.24) is 0 Å². The summed E-state index contributed by atoms with van der Waals surface area (Å²) in [6.45, 7) is 8.85. The molecule has 1 saturated carbocycles. The number of hydrogen-bond donors (Lipinski definition) is 1. The first-order valence-corrected chi connectivity index (χ1v) is 14.1. The molecule has 1 aliphatic rings. The smallest absolute Gasteiger partial charge is 0.342 e. The second-order valence-electron chi connectivity index (χ2n) is 10.4. The molecule has 0 bridgehead atoms. The van der Waals surface area contributed by atoms with Gasteiger partial charge in [-0.1, -0.05) is 64.0 Å². The SMILES string of the molecule is C=C(CO)C(=O)Oc1ccc(-c2ccc(OC(=O)C(=C)COC)c(C(=O)OC3CCC(CCCCC)CC3)c2)cc1. The Kier molecular flexibility index (Phi) is 12.3. The van der Waals surface area contributed by atoms with Gasteiger partial charge in [0.1, 0.15) is 23.2 Å². The number of ether oxygens (including phenoxy) is 4. The number of benzene rings is 2. The van der Waals surface area contributed by atoms with E-state index in [1.807, 2.05) is 0 Å². The normalized spacial score (nSPS) is 16.5. The standard InChI is InChI=1S/C33H40O8/c1-5-6-7-8-24-9-14-27(15-10-24)40-33(37)29-19-26(13-18-30(29)41-32(36)23(3)21-38-4)25-11-16-28(17-12-25)39-31(35)22(2)20-34/h11-13,16-19,24,27,34H,2-3,5-10,14-15,20-21H2,1,4H3. The maximum absolute atomic E-state index is 13.4. The van der Waals surface area contributed by atoms with E-state index in [0.29, 0.717) is 11.5 Å². The minimum absolute atomic E-state index is 0.000761. The van der Waals surface area contributed by atoms with Crippen LogP contribution < -0.4 is 9.47 Å². The lowest BCUT2D eigenvalue weighted by atomic mass is 9.84. The number of carbonyl (C=O) groups is 3. The Morgan fingerprint density at radius 2 is 1.54 bits per heavy atom. The molecule has 0 radical (unpaired) electrons. The largest absolute Gasteiger partial charge is 0.459 e. The van der Waals surface area contributed by atoms with E-state index in [4.69, 9.17) is 24.1 Å². The number of esters is 3. The van der Waals surface area contributed by atoms with Crippen molar-refractivity contribution in [3.63, 3.8) is 0 Å². The second-order valence-corrected chi connectivity index (χ2v) is 10.4. The van der Waals surface area contributed by atoms with Crippen molar-refractivity contribution in [3.8, 4) is 22.6 Å². The van der Waals surface area contributed by atoms with Crippen molar-refractivity contribution in [3.05, 3.63) is 72.3 Å². The minimum Gasteiger partial charge on any atom is -0.459 e. The lowest BCUT2D eigenvalue weighted by Crippen LogP contribution is -2.25. The Hall–Kier alpha value is -3.75. The fraction of sp³-hybridized carbons (Fsp3) is 0.424. The van der Waals surface area contributed by atoms with Crippen molar-refractivity contribution < 1.29 is 38.4 Å². The van der Waals surface area contributed by atoms with Gasteiger partial charge in [-0.25, -0.2) is 14.4 Å². The van der Waals surface area contributed by atoms with Crippen LogP contribution in [0.4, 0.5) is 0 Å². The number of carbonyl (C=O) groups excluding carboxylic acids is 3. The number of unbranched alkanes of at least 4 members (excludes halogenated alkanes) is 2. The summed E-state index contributed by atoms with van der Waals surface area (Å²) in [5, 5.41) is 9.06. The van der Waals surface area contributed by atoms with E-state index < -0.39 is 24.5 Å². The minimum atomic E-state index is -0.721. The van der Waals surface area contributed by atoms with Gasteiger partial charge in [-0.2, -0.15) is 0 Å². The fourth-order valence-electron chi connectivity index (χ4n) is 4.76. The summed E-state index contributed by atoms with van der Waals surface area (Å²) in [6.07, 6.45) is 8.40. The molecule has 0 heterocycles. The molecule has 2 aromatic rings. The molecular formula is C33H40O8. The molecule has 1 aliphatic carbocycles. The predicted molar refractivity (Wildman–Crippen MR) is 156 cm³/mol. The zero-order valence-corrected chi connectivity index (χ0v) is 24.0. The summed E-state index contributed by atoms with van der Waals surface area (Å²) in [7, 11) is 1.45. The van der Waals surface area contributed by atoms with E-state index in [1.54, 1.807) is 42.5 Å². The van der Waals surface area contributed by atoms with Crippen LogP contribution in [0.25, 0.3) is 11.1 Å². The highest BCUT2D eigenvalue weighted by molar-refractivity contribution is 5.97. The molecule has 0 aliphatic heterocycles. The van der Waals surface area contributed by atoms with E-state index in [1.165, 1.54) is 32.8 Å². The van der Waals surface area contributed by atoms with Gasteiger partial charge in [0.25, 0.3) is 0 Å². The monoisotopic (exact) mass is 564 g/mol. The van der Waals surface area contributed by atoms with Crippen LogP contribution in [0, 0.1) is 5.92 Å². The first-order chi connectivity index (χ1) is 19.7. The second kappa shape index (κ2) is 15.9. The van der Waals surface area contributed by atoms with E-state index in [-0.39, 0.29) is 40.9 Å². The first kappa shape index (κ1) is 31.8. The fourth-order valence-corrected chi connectivity index (χ4v) is 4.76. The van der Waals surface area contributed by atoms with Crippen molar-refractivity contribution in [2.75, 3.05) is 20.3 Å². The van der Waals surface area contributed by atoms with Crippen LogP contribution in [0.1, 0.15) is 68.6 Å². The summed E-state index contributed by atoms with van der Waals surface area (Å²) in [5.41, 5.74) is 1.59. The molecule has 8 nitrogen and oxygen atoms in total. The molecule has 0 aromatic heterocycles. The summed E-state index contributed by atoms with van der Waals surface area (Å²) >= 11 is 0. The molecule has 3 rings (SSSR count). The van der Waals surface area contributed by atoms with Crippen LogP contribution in [0.5, 0.6) is 11.5 Å². The average Bonchev–Trinajstić information content (AvgIpc) is 2.98. The van der Waals surface area contributed by atoms with Crippen molar-refractivity contribution in [2.45, 2.75) is 64.4 Å². The summed E-state index contributed by atoms with van der Waals surface area (Å²) in [6, 6.07) is 11.5. The number of aliphatic hydroxyl groups is 1. The quantitative estimate of drug-likeness (QED) is 0.125. The lowest BCUT2D eigenvalue weighted by molar-refractivity contribution is -0.131. The molecule has 0 unspecified atom stereocenters. The van der Waals surface area contributed by atoms with Crippen LogP contribution in [-0.2, 0) is 19.1 Å². The third-order valence-corrected chi connectivity index (χ3v) is 7.17. The maximum atomic E-state index is 13.4. The predicted octanol–water partition coefficient (Wildman–Crippen LogP) is 6.21. The number of rotatable bonds is 14. The van der Waals surface area contributed by atoms with Crippen LogP contribution in [0.3, 0.4) is 0 Å². The number of aliphatic hydroxyl groups excluding tert-OH is 1. The Balaban J connectivity index is 1.78. The Morgan fingerprint density at radius 3 is 2.17 bits per heavy atom. The van der Waals surface area contributed by atoms with E-state index in [9.17, 15) is 14.4 Å². The van der Waals surface area contributed by atoms with Crippen molar-refractivity contribution in [1.29, 1.82) is 0 Å². The molecule has 0 saturated heterocycles. The van der Waals surface area contributed by atoms with Crippen molar-refractivity contribution >= 4 is 17.9 Å². The molecule has 0 amide bonds. The van der Waals surface area contributed by atoms with Crippen LogP contribution >= 0.6 is 0 Å². The van der Waals surface area contributed by atoms with Gasteiger partial charge in [0.15, 0.2) is 0 Å². The summed E-state index contributed by atoms with van der Waals surface area (Å²) in [4.78, 5) is 37.8. The molecule has 8 heteroatoms. The van der Waals surface area contributed by atoms with Gasteiger partial charge in [-0.15, -0.1) is 0 Å². The Labute approximate surface area is 242 Å². The highest BCUT2D eigenvalue weighted by Crippen LogP contribution is 2.33. The third kappa shape index (κ3) is 9.40. The molecule has 1 N–H and O–H groups in total. The molecule has 0 spiro atoms. The highest BCUT2D eigenvalue weighted by Gasteiger charge is 2.26. The van der Waals surface area contributed by atoms with Gasteiger partial charge in [0, 0.05) is 7.11 Å². The highest BCUT2D eigenvalue weighted by atomic mass is 16.6. The summed E-state index contributed by atoms with van der Waals surface area (Å²) < 4.78 is 21.6. The zero-order chi connectivity index (χ0) is 29.8. The zero-order valence-electron chi connectivity index (χ0n) is 24.0. The van der Waals surface area contributed by atoms with Crippen LogP contribution in [0.2, 0.25) is 0 Å². The molecule has 2 aromatic carbocycles. The maximum Gasteiger partial charge on any atom is 0.342 e.